The van der Waals surface area contributed by atoms with E-state index in [-0.39, 0.29) is 5.41 Å². The molecule has 1 aromatic rings. The fourth-order valence-corrected chi connectivity index (χ4v) is 2.81. The van der Waals surface area contributed by atoms with Gasteiger partial charge < -0.3 is 14.8 Å². The molecule has 0 saturated carbocycles. The van der Waals surface area contributed by atoms with E-state index in [9.17, 15) is 0 Å². The van der Waals surface area contributed by atoms with Gasteiger partial charge in [0, 0.05) is 30.9 Å². The van der Waals surface area contributed by atoms with Gasteiger partial charge in [-0.2, -0.15) is 0 Å². The molecular formula is C13H17NO2. The van der Waals surface area contributed by atoms with Crippen LogP contribution in [-0.2, 0) is 10.2 Å². The lowest BCUT2D eigenvalue weighted by Gasteiger charge is -2.33. The van der Waals surface area contributed by atoms with Crippen LogP contribution in [0.2, 0.25) is 0 Å². The van der Waals surface area contributed by atoms with Crippen LogP contribution in [0.4, 0.5) is 5.69 Å². The third-order valence-corrected chi connectivity index (χ3v) is 3.87. The number of ether oxygens (including phenoxy) is 2. The first-order valence-corrected chi connectivity index (χ1v) is 5.84. The van der Waals surface area contributed by atoms with Gasteiger partial charge in [0.05, 0.1) is 7.11 Å². The lowest BCUT2D eigenvalue weighted by Crippen LogP contribution is -2.35. The van der Waals surface area contributed by atoms with Crippen LogP contribution < -0.4 is 10.1 Å². The fraction of sp³-hybridized carbons (Fsp3) is 0.538. The highest BCUT2D eigenvalue weighted by molar-refractivity contribution is 5.62. The molecule has 1 aromatic carbocycles. The molecule has 0 radical (unpaired) electrons. The molecule has 16 heavy (non-hydrogen) atoms. The Morgan fingerprint density at radius 3 is 2.88 bits per heavy atom. The average Bonchev–Trinajstić information content (AvgIpc) is 2.69. The molecule has 3 heteroatoms. The van der Waals surface area contributed by atoms with Gasteiger partial charge >= 0.3 is 0 Å². The lowest BCUT2D eigenvalue weighted by atomic mass is 9.76. The first-order chi connectivity index (χ1) is 7.84. The summed E-state index contributed by atoms with van der Waals surface area (Å²) in [4.78, 5) is 0. The number of rotatable bonds is 1. The zero-order chi connectivity index (χ0) is 11.0. The molecule has 3 rings (SSSR count). The first-order valence-electron chi connectivity index (χ1n) is 5.84. The van der Waals surface area contributed by atoms with E-state index in [0.717, 1.165) is 38.3 Å². The predicted octanol–water partition coefficient (Wildman–Crippen LogP) is 2.17. The predicted molar refractivity (Wildman–Crippen MR) is 63.2 cm³/mol. The van der Waals surface area contributed by atoms with Crippen molar-refractivity contribution in [3.8, 4) is 5.75 Å². The Morgan fingerprint density at radius 2 is 2.12 bits per heavy atom. The van der Waals surface area contributed by atoms with E-state index in [2.05, 4.69) is 17.4 Å². The number of benzene rings is 1. The van der Waals surface area contributed by atoms with Crippen molar-refractivity contribution in [2.45, 2.75) is 18.3 Å². The van der Waals surface area contributed by atoms with Gasteiger partial charge in [0.15, 0.2) is 0 Å². The molecule has 0 unspecified atom stereocenters. The highest BCUT2D eigenvalue weighted by Gasteiger charge is 2.40. The maximum atomic E-state index is 5.47. The SMILES string of the molecule is COc1ccc2c(c1)C1(CCOCC1)CN2. The normalized spacial score (nSPS) is 21.6. The number of nitrogens with one attached hydrogen (secondary N) is 1. The Hall–Kier alpha value is -1.22. The third kappa shape index (κ3) is 1.39. The van der Waals surface area contributed by atoms with Crippen LogP contribution in [0.3, 0.4) is 0 Å². The summed E-state index contributed by atoms with van der Waals surface area (Å²) < 4.78 is 10.8. The molecular weight excluding hydrogens is 202 g/mol. The summed E-state index contributed by atoms with van der Waals surface area (Å²) in [6, 6.07) is 6.32. The lowest BCUT2D eigenvalue weighted by molar-refractivity contribution is 0.0566. The van der Waals surface area contributed by atoms with Gasteiger partial charge in [-0.25, -0.2) is 0 Å². The quantitative estimate of drug-likeness (QED) is 0.785. The molecule has 0 bridgehead atoms. The minimum absolute atomic E-state index is 0.280. The van der Waals surface area contributed by atoms with Crippen molar-refractivity contribution < 1.29 is 9.47 Å². The summed E-state index contributed by atoms with van der Waals surface area (Å²) in [5.74, 6) is 0.952. The Bertz CT molecular complexity index is 391. The Labute approximate surface area is 95.8 Å². The van der Waals surface area contributed by atoms with Gasteiger partial charge in [0.1, 0.15) is 5.75 Å². The molecule has 0 aliphatic carbocycles. The fourth-order valence-electron chi connectivity index (χ4n) is 2.81. The van der Waals surface area contributed by atoms with E-state index in [1.807, 2.05) is 6.07 Å². The zero-order valence-corrected chi connectivity index (χ0v) is 9.58. The van der Waals surface area contributed by atoms with Crippen molar-refractivity contribution >= 4 is 5.69 Å². The Morgan fingerprint density at radius 1 is 1.31 bits per heavy atom. The molecule has 1 spiro atoms. The molecule has 86 valence electrons. The van der Waals surface area contributed by atoms with Gasteiger partial charge in [-0.3, -0.25) is 0 Å². The number of hydrogen-bond donors (Lipinski definition) is 1. The maximum Gasteiger partial charge on any atom is 0.119 e. The summed E-state index contributed by atoms with van der Waals surface area (Å²) >= 11 is 0. The maximum absolute atomic E-state index is 5.47. The van der Waals surface area contributed by atoms with Crippen LogP contribution in [0.5, 0.6) is 5.75 Å². The highest BCUT2D eigenvalue weighted by atomic mass is 16.5. The van der Waals surface area contributed by atoms with Crippen molar-refractivity contribution in [2.24, 2.45) is 0 Å². The highest BCUT2D eigenvalue weighted by Crippen LogP contribution is 2.44. The number of fused-ring (bicyclic) bond motifs is 2. The Kier molecular flexibility index (Phi) is 2.28. The van der Waals surface area contributed by atoms with Gasteiger partial charge in [-0.15, -0.1) is 0 Å². The molecule has 2 aliphatic heterocycles. The summed E-state index contributed by atoms with van der Waals surface area (Å²) in [6.07, 6.45) is 2.22. The standard InChI is InChI=1S/C13H17NO2/c1-15-10-2-3-12-11(8-10)13(9-14-12)4-6-16-7-5-13/h2-3,8,14H,4-7,9H2,1H3. The van der Waals surface area contributed by atoms with E-state index >= 15 is 0 Å². The largest absolute Gasteiger partial charge is 0.497 e. The van der Waals surface area contributed by atoms with Gasteiger partial charge in [0.2, 0.25) is 0 Å². The van der Waals surface area contributed by atoms with Crippen LogP contribution in [0.1, 0.15) is 18.4 Å². The van der Waals surface area contributed by atoms with Crippen LogP contribution in [0.25, 0.3) is 0 Å². The molecule has 0 aromatic heterocycles. The monoisotopic (exact) mass is 219 g/mol. The number of methoxy groups -OCH3 is 1. The van der Waals surface area contributed by atoms with Gasteiger partial charge in [-0.1, -0.05) is 0 Å². The third-order valence-electron chi connectivity index (χ3n) is 3.87. The minimum atomic E-state index is 0.280. The van der Waals surface area contributed by atoms with Crippen LogP contribution in [-0.4, -0.2) is 26.9 Å². The van der Waals surface area contributed by atoms with Gasteiger partial charge in [0.25, 0.3) is 0 Å². The molecule has 2 heterocycles. The molecule has 1 fully saturated rings. The van der Waals surface area contributed by atoms with E-state index < -0.39 is 0 Å². The van der Waals surface area contributed by atoms with Crippen molar-refractivity contribution in [1.82, 2.24) is 0 Å². The van der Waals surface area contributed by atoms with E-state index in [1.54, 1.807) is 7.11 Å². The van der Waals surface area contributed by atoms with Crippen molar-refractivity contribution in [3.05, 3.63) is 23.8 Å². The number of anilines is 1. The second-order valence-electron chi connectivity index (χ2n) is 4.66. The molecule has 0 atom stereocenters. The number of hydrogen-bond acceptors (Lipinski definition) is 3. The second kappa shape index (κ2) is 3.67. The minimum Gasteiger partial charge on any atom is -0.497 e. The van der Waals surface area contributed by atoms with Crippen molar-refractivity contribution in [3.63, 3.8) is 0 Å². The second-order valence-corrected chi connectivity index (χ2v) is 4.66. The smallest absolute Gasteiger partial charge is 0.119 e. The Balaban J connectivity index is 2.02. The summed E-state index contributed by atoms with van der Waals surface area (Å²) in [5, 5.41) is 3.50. The van der Waals surface area contributed by atoms with Crippen LogP contribution in [0.15, 0.2) is 18.2 Å². The topological polar surface area (TPSA) is 30.5 Å². The molecule has 1 saturated heterocycles. The molecule has 1 N–H and O–H groups in total. The summed E-state index contributed by atoms with van der Waals surface area (Å²) in [5.41, 5.74) is 2.96. The average molecular weight is 219 g/mol. The van der Waals surface area contributed by atoms with Gasteiger partial charge in [-0.05, 0) is 36.6 Å². The first kappa shape index (κ1) is 9.97. The summed E-state index contributed by atoms with van der Waals surface area (Å²) in [6.45, 7) is 2.79. The zero-order valence-electron chi connectivity index (χ0n) is 9.58. The van der Waals surface area contributed by atoms with Crippen molar-refractivity contribution in [1.29, 1.82) is 0 Å². The van der Waals surface area contributed by atoms with Crippen LogP contribution >= 0.6 is 0 Å². The van der Waals surface area contributed by atoms with E-state index in [0.29, 0.717) is 0 Å². The molecule has 3 nitrogen and oxygen atoms in total. The van der Waals surface area contributed by atoms with Crippen LogP contribution in [0, 0.1) is 0 Å². The van der Waals surface area contributed by atoms with E-state index in [1.165, 1.54) is 11.3 Å². The van der Waals surface area contributed by atoms with Crippen molar-refractivity contribution in [2.75, 3.05) is 32.2 Å². The molecule has 2 aliphatic rings. The van der Waals surface area contributed by atoms with E-state index in [4.69, 9.17) is 9.47 Å². The summed E-state index contributed by atoms with van der Waals surface area (Å²) in [7, 11) is 1.72. The molecule has 0 amide bonds.